The van der Waals surface area contributed by atoms with Gasteiger partial charge in [0.15, 0.2) is 0 Å². The molecule has 0 spiro atoms. The monoisotopic (exact) mass is 213 g/mol. The number of fused-ring (bicyclic) bond motifs is 1. The molecule has 0 unspecified atom stereocenters. The summed E-state index contributed by atoms with van der Waals surface area (Å²) in [4.78, 5) is 0. The molecule has 2 rings (SSSR count). The van der Waals surface area contributed by atoms with Gasteiger partial charge in [0.1, 0.15) is 0 Å². The van der Waals surface area contributed by atoms with Crippen molar-refractivity contribution in [2.75, 3.05) is 5.32 Å². The van der Waals surface area contributed by atoms with Crippen LogP contribution in [-0.4, -0.2) is 0 Å². The topological polar surface area (TPSA) is 12.0 Å². The Morgan fingerprint density at radius 1 is 1.19 bits per heavy atom. The molecule has 1 aromatic carbocycles. The summed E-state index contributed by atoms with van der Waals surface area (Å²) in [7, 11) is 0. The highest BCUT2D eigenvalue weighted by Gasteiger charge is 2.22. The molecule has 16 heavy (non-hydrogen) atoms. The Hall–Kier alpha value is -1.50. The second-order valence-electron chi connectivity index (χ2n) is 5.06. The molecule has 1 heterocycles. The van der Waals surface area contributed by atoms with Crippen molar-refractivity contribution >= 4 is 5.69 Å². The van der Waals surface area contributed by atoms with Crippen LogP contribution in [0, 0.1) is 0 Å². The predicted octanol–water partition coefficient (Wildman–Crippen LogP) is 4.24. The van der Waals surface area contributed by atoms with Gasteiger partial charge in [-0.2, -0.15) is 0 Å². The molecule has 1 aliphatic rings. The van der Waals surface area contributed by atoms with Crippen LogP contribution in [0.1, 0.15) is 32.8 Å². The first kappa shape index (κ1) is 11.0. The zero-order chi connectivity index (χ0) is 11.6. The number of anilines is 1. The van der Waals surface area contributed by atoms with Crippen molar-refractivity contribution in [1.29, 1.82) is 0 Å². The van der Waals surface area contributed by atoms with E-state index in [9.17, 15) is 0 Å². The molecule has 0 atom stereocenters. The van der Waals surface area contributed by atoms with Crippen LogP contribution >= 0.6 is 0 Å². The lowest BCUT2D eigenvalue weighted by Crippen LogP contribution is -2.17. The molecule has 0 aliphatic carbocycles. The maximum atomic E-state index is 3.37. The van der Waals surface area contributed by atoms with E-state index in [0.29, 0.717) is 0 Å². The Kier molecular flexibility index (Phi) is 2.86. The SMILES string of the molecule is CC1=C/CC(C)(C)c2ccccc2N/C=C\1. The van der Waals surface area contributed by atoms with E-state index in [0.717, 1.165) is 6.42 Å². The lowest BCUT2D eigenvalue weighted by molar-refractivity contribution is 0.535. The van der Waals surface area contributed by atoms with E-state index in [1.165, 1.54) is 16.8 Å². The fourth-order valence-electron chi connectivity index (χ4n) is 2.06. The molecule has 0 radical (unpaired) electrons. The van der Waals surface area contributed by atoms with Crippen LogP contribution in [0.25, 0.3) is 0 Å². The van der Waals surface area contributed by atoms with Crippen LogP contribution in [0.4, 0.5) is 5.69 Å². The van der Waals surface area contributed by atoms with Gasteiger partial charge in [0, 0.05) is 11.9 Å². The summed E-state index contributed by atoms with van der Waals surface area (Å²) in [5.74, 6) is 0. The molecule has 84 valence electrons. The molecule has 1 aliphatic heterocycles. The van der Waals surface area contributed by atoms with Crippen LogP contribution in [0.5, 0.6) is 0 Å². The molecular formula is C15H19N. The molecule has 0 bridgehead atoms. The Labute approximate surface area is 97.9 Å². The predicted molar refractivity (Wildman–Crippen MR) is 70.6 cm³/mol. The lowest BCUT2D eigenvalue weighted by Gasteiger charge is -2.26. The Bertz CT molecular complexity index is 439. The summed E-state index contributed by atoms with van der Waals surface area (Å²) in [6.07, 6.45) is 7.52. The molecule has 0 saturated heterocycles. The van der Waals surface area contributed by atoms with Gasteiger partial charge in [-0.05, 0) is 36.5 Å². The van der Waals surface area contributed by atoms with E-state index < -0.39 is 0 Å². The molecule has 0 saturated carbocycles. The van der Waals surface area contributed by atoms with Crippen molar-refractivity contribution in [2.24, 2.45) is 0 Å². The molecule has 1 heteroatoms. The molecule has 0 fully saturated rings. The second-order valence-corrected chi connectivity index (χ2v) is 5.06. The van der Waals surface area contributed by atoms with Crippen molar-refractivity contribution in [3.8, 4) is 0 Å². The van der Waals surface area contributed by atoms with Gasteiger partial charge in [0.25, 0.3) is 0 Å². The highest BCUT2D eigenvalue weighted by atomic mass is 14.8. The van der Waals surface area contributed by atoms with Gasteiger partial charge < -0.3 is 5.32 Å². The summed E-state index contributed by atoms with van der Waals surface area (Å²) in [5.41, 5.74) is 4.09. The maximum absolute atomic E-state index is 3.37. The summed E-state index contributed by atoms with van der Waals surface area (Å²) in [6, 6.07) is 8.54. The normalized spacial score (nSPS) is 23.8. The van der Waals surface area contributed by atoms with Crippen LogP contribution < -0.4 is 5.32 Å². The van der Waals surface area contributed by atoms with E-state index >= 15 is 0 Å². The fourth-order valence-corrected chi connectivity index (χ4v) is 2.06. The summed E-state index contributed by atoms with van der Waals surface area (Å²) >= 11 is 0. The average molecular weight is 213 g/mol. The first-order valence-corrected chi connectivity index (χ1v) is 5.79. The largest absolute Gasteiger partial charge is 0.361 e. The Balaban J connectivity index is 2.49. The van der Waals surface area contributed by atoms with Crippen molar-refractivity contribution in [3.05, 3.63) is 53.8 Å². The highest BCUT2D eigenvalue weighted by Crippen LogP contribution is 2.34. The third-order valence-electron chi connectivity index (χ3n) is 3.18. The average Bonchev–Trinajstić information content (AvgIpc) is 2.31. The summed E-state index contributed by atoms with van der Waals surface area (Å²) < 4.78 is 0. The number of allylic oxidation sites excluding steroid dienone is 3. The standard InChI is InChI=1S/C15H19N/c1-12-8-10-15(2,3)13-6-4-5-7-14(13)16-11-9-12/h4-9,11,16H,10H2,1-3H3/b11-9-,12-8-. The number of nitrogens with one attached hydrogen (secondary N) is 1. The van der Waals surface area contributed by atoms with E-state index in [-0.39, 0.29) is 5.41 Å². The van der Waals surface area contributed by atoms with Gasteiger partial charge in [-0.3, -0.25) is 0 Å². The van der Waals surface area contributed by atoms with Gasteiger partial charge in [-0.15, -0.1) is 0 Å². The van der Waals surface area contributed by atoms with E-state index in [1.807, 2.05) is 6.20 Å². The fraction of sp³-hybridized carbons (Fsp3) is 0.333. The first-order valence-electron chi connectivity index (χ1n) is 5.79. The Morgan fingerprint density at radius 2 is 1.94 bits per heavy atom. The zero-order valence-corrected chi connectivity index (χ0v) is 10.2. The first-order chi connectivity index (χ1) is 7.59. The maximum Gasteiger partial charge on any atom is 0.0417 e. The zero-order valence-electron chi connectivity index (χ0n) is 10.2. The molecule has 1 aromatic rings. The quantitative estimate of drug-likeness (QED) is 0.679. The number of hydrogen-bond acceptors (Lipinski definition) is 1. The Morgan fingerprint density at radius 3 is 2.75 bits per heavy atom. The molecule has 0 amide bonds. The van der Waals surface area contributed by atoms with Crippen LogP contribution in [0.3, 0.4) is 0 Å². The smallest absolute Gasteiger partial charge is 0.0417 e. The number of rotatable bonds is 0. The highest BCUT2D eigenvalue weighted by molar-refractivity contribution is 5.56. The molecule has 1 N–H and O–H groups in total. The summed E-state index contributed by atoms with van der Waals surface area (Å²) in [5, 5.41) is 3.37. The number of para-hydroxylation sites is 1. The lowest BCUT2D eigenvalue weighted by atomic mass is 9.80. The van der Waals surface area contributed by atoms with Gasteiger partial charge in [-0.1, -0.05) is 43.7 Å². The van der Waals surface area contributed by atoms with Crippen molar-refractivity contribution < 1.29 is 0 Å². The minimum atomic E-state index is 0.177. The minimum Gasteiger partial charge on any atom is -0.361 e. The van der Waals surface area contributed by atoms with Gasteiger partial charge >= 0.3 is 0 Å². The van der Waals surface area contributed by atoms with Gasteiger partial charge in [-0.25, -0.2) is 0 Å². The van der Waals surface area contributed by atoms with E-state index in [1.54, 1.807) is 0 Å². The minimum absolute atomic E-state index is 0.177. The van der Waals surface area contributed by atoms with E-state index in [4.69, 9.17) is 0 Å². The van der Waals surface area contributed by atoms with Crippen LogP contribution in [0.15, 0.2) is 48.2 Å². The van der Waals surface area contributed by atoms with Crippen molar-refractivity contribution in [3.63, 3.8) is 0 Å². The molecular weight excluding hydrogens is 194 g/mol. The van der Waals surface area contributed by atoms with E-state index in [2.05, 4.69) is 62.5 Å². The van der Waals surface area contributed by atoms with Crippen molar-refractivity contribution in [2.45, 2.75) is 32.6 Å². The number of benzene rings is 1. The molecule has 0 aromatic heterocycles. The van der Waals surface area contributed by atoms with Gasteiger partial charge in [0.05, 0.1) is 0 Å². The van der Waals surface area contributed by atoms with Crippen LogP contribution in [0.2, 0.25) is 0 Å². The second kappa shape index (κ2) is 4.17. The number of hydrogen-bond donors (Lipinski definition) is 1. The third-order valence-corrected chi connectivity index (χ3v) is 3.18. The summed E-state index contributed by atoms with van der Waals surface area (Å²) in [6.45, 7) is 6.73. The molecule has 1 nitrogen and oxygen atoms in total. The van der Waals surface area contributed by atoms with Gasteiger partial charge in [0.2, 0.25) is 0 Å². The third kappa shape index (κ3) is 2.19. The van der Waals surface area contributed by atoms with Crippen LogP contribution in [-0.2, 0) is 5.41 Å². The van der Waals surface area contributed by atoms with Crippen molar-refractivity contribution in [1.82, 2.24) is 0 Å².